The monoisotopic (exact) mass is 367 g/mol. The van der Waals surface area contributed by atoms with Gasteiger partial charge in [-0.2, -0.15) is 0 Å². The largest absolute Gasteiger partial charge is 0.496 e. The molecule has 0 spiro atoms. The minimum Gasteiger partial charge on any atom is -0.496 e. The van der Waals surface area contributed by atoms with E-state index in [1.165, 1.54) is 32.6 Å². The van der Waals surface area contributed by atoms with Crippen molar-refractivity contribution >= 4 is 17.9 Å². The van der Waals surface area contributed by atoms with Crippen LogP contribution in [0, 0.1) is 18.8 Å². The molecular formula is C21H34FNO3. The van der Waals surface area contributed by atoms with Crippen LogP contribution in [0.25, 0.3) is 0 Å². The van der Waals surface area contributed by atoms with E-state index in [0.29, 0.717) is 7.18 Å². The molecule has 0 radical (unpaired) electrons. The van der Waals surface area contributed by atoms with Gasteiger partial charge in [-0.25, -0.2) is 0 Å². The van der Waals surface area contributed by atoms with Crippen LogP contribution in [-0.4, -0.2) is 26.5 Å². The molecule has 1 aliphatic carbocycles. The van der Waals surface area contributed by atoms with E-state index >= 15 is 0 Å². The van der Waals surface area contributed by atoms with Crippen LogP contribution in [0.5, 0.6) is 5.75 Å². The number of amides is 1. The van der Waals surface area contributed by atoms with Gasteiger partial charge in [0.2, 0.25) is 5.91 Å². The second-order valence-electron chi connectivity index (χ2n) is 6.42. The van der Waals surface area contributed by atoms with E-state index in [1.807, 2.05) is 25.1 Å². The Kier molecular flexibility index (Phi) is 13.2. The van der Waals surface area contributed by atoms with Crippen LogP contribution >= 0.6 is 0 Å². The van der Waals surface area contributed by atoms with Crippen LogP contribution in [0.1, 0.15) is 57.9 Å². The minimum atomic E-state index is 0.163. The molecule has 148 valence electrons. The van der Waals surface area contributed by atoms with E-state index in [4.69, 9.17) is 9.53 Å². The number of carbonyl (C=O) groups is 2. The summed E-state index contributed by atoms with van der Waals surface area (Å²) >= 11 is 0. The van der Waals surface area contributed by atoms with Gasteiger partial charge in [-0.05, 0) is 57.1 Å². The molecule has 1 saturated carbocycles. The number of hydrogen-bond donors (Lipinski definition) is 1. The number of ether oxygens (including phenoxy) is 1. The van der Waals surface area contributed by atoms with Crippen LogP contribution in [0.3, 0.4) is 0 Å². The molecule has 1 amide bonds. The number of rotatable bonds is 5. The predicted molar refractivity (Wildman–Crippen MR) is 105 cm³/mol. The average molecular weight is 368 g/mol. The van der Waals surface area contributed by atoms with E-state index in [-0.39, 0.29) is 11.8 Å². The lowest BCUT2D eigenvalue weighted by Gasteiger charge is -2.27. The van der Waals surface area contributed by atoms with Crippen molar-refractivity contribution in [3.05, 3.63) is 23.8 Å². The Balaban J connectivity index is 0.00000113. The topological polar surface area (TPSA) is 55.4 Å². The van der Waals surface area contributed by atoms with Crippen LogP contribution in [-0.2, 0) is 9.59 Å². The Morgan fingerprint density at radius 1 is 1.27 bits per heavy atom. The number of aldehydes is 1. The summed E-state index contributed by atoms with van der Waals surface area (Å²) in [5.41, 5.74) is 1.91. The van der Waals surface area contributed by atoms with E-state index in [9.17, 15) is 9.18 Å². The standard InChI is InChI=1S/C18H27NO2.C2H4O.CH3F/c1-4-5-14-7-9-15(10-8-14)18(20)19-16-11-6-13(2)17(12-16)21-3;1-2-3;1-2/h6,11-12,14-15H,4-5,7-10H2,1-3H3,(H,19,20);2H,1H3;1H3. The normalized spacial score (nSPS) is 18.4. The first-order chi connectivity index (χ1) is 12.5. The maximum absolute atomic E-state index is 12.4. The molecule has 0 unspecified atom stereocenters. The predicted octanol–water partition coefficient (Wildman–Crippen LogP) is 5.34. The summed E-state index contributed by atoms with van der Waals surface area (Å²) in [4.78, 5) is 21.2. The van der Waals surface area contributed by atoms with Gasteiger partial charge in [-0.15, -0.1) is 0 Å². The van der Waals surface area contributed by atoms with Gasteiger partial charge in [0.1, 0.15) is 12.0 Å². The molecule has 1 aromatic carbocycles. The quantitative estimate of drug-likeness (QED) is 0.715. The Bertz CT molecular complexity index is 526. The van der Waals surface area contributed by atoms with E-state index in [0.717, 1.165) is 42.0 Å². The van der Waals surface area contributed by atoms with Crippen LogP contribution in [0.15, 0.2) is 18.2 Å². The lowest BCUT2D eigenvalue weighted by Crippen LogP contribution is -2.27. The molecule has 1 N–H and O–H groups in total. The summed E-state index contributed by atoms with van der Waals surface area (Å²) in [5.74, 6) is 1.99. The lowest BCUT2D eigenvalue weighted by molar-refractivity contribution is -0.121. The van der Waals surface area contributed by atoms with Crippen LogP contribution in [0.2, 0.25) is 0 Å². The smallest absolute Gasteiger partial charge is 0.227 e. The number of aryl methyl sites for hydroxylation is 1. The van der Waals surface area contributed by atoms with Crippen LogP contribution < -0.4 is 10.1 Å². The number of anilines is 1. The maximum atomic E-state index is 12.4. The highest BCUT2D eigenvalue weighted by Crippen LogP contribution is 2.32. The second-order valence-corrected chi connectivity index (χ2v) is 6.42. The summed E-state index contributed by atoms with van der Waals surface area (Å²) in [6, 6.07) is 5.82. The average Bonchev–Trinajstić information content (AvgIpc) is 2.66. The molecule has 0 bridgehead atoms. The third-order valence-corrected chi connectivity index (χ3v) is 4.59. The van der Waals surface area contributed by atoms with E-state index < -0.39 is 0 Å². The molecule has 26 heavy (non-hydrogen) atoms. The highest BCUT2D eigenvalue weighted by Gasteiger charge is 2.25. The molecule has 1 fully saturated rings. The fourth-order valence-corrected chi connectivity index (χ4v) is 3.26. The van der Waals surface area contributed by atoms with Crippen molar-refractivity contribution in [2.45, 2.75) is 59.3 Å². The molecule has 1 aliphatic rings. The summed E-state index contributed by atoms with van der Waals surface area (Å²) < 4.78 is 14.8. The fraction of sp³-hybridized carbons (Fsp3) is 0.619. The van der Waals surface area contributed by atoms with Gasteiger partial charge in [-0.1, -0.05) is 25.8 Å². The Labute approximate surface area is 157 Å². The summed E-state index contributed by atoms with van der Waals surface area (Å²) in [7, 11) is 2.16. The van der Waals surface area contributed by atoms with Crippen molar-refractivity contribution in [2.24, 2.45) is 11.8 Å². The zero-order valence-electron chi connectivity index (χ0n) is 16.8. The number of alkyl halides is 1. The van der Waals surface area contributed by atoms with Crippen molar-refractivity contribution in [1.29, 1.82) is 0 Å². The lowest BCUT2D eigenvalue weighted by atomic mass is 9.80. The van der Waals surface area contributed by atoms with E-state index in [1.54, 1.807) is 7.11 Å². The number of halogens is 1. The minimum absolute atomic E-state index is 0.163. The van der Waals surface area contributed by atoms with Crippen molar-refractivity contribution in [1.82, 2.24) is 0 Å². The highest BCUT2D eigenvalue weighted by atomic mass is 19.1. The molecule has 0 saturated heterocycles. The van der Waals surface area contributed by atoms with Crippen LogP contribution in [0.4, 0.5) is 10.1 Å². The number of methoxy groups -OCH3 is 1. The molecule has 4 nitrogen and oxygen atoms in total. The van der Waals surface area contributed by atoms with Crippen molar-refractivity contribution in [2.75, 3.05) is 19.6 Å². The van der Waals surface area contributed by atoms with Gasteiger partial charge >= 0.3 is 0 Å². The molecular weight excluding hydrogens is 333 g/mol. The molecule has 0 aliphatic heterocycles. The molecule has 5 heteroatoms. The van der Waals surface area contributed by atoms with Gasteiger partial charge in [0, 0.05) is 17.7 Å². The zero-order chi connectivity index (χ0) is 19.9. The molecule has 0 heterocycles. The fourth-order valence-electron chi connectivity index (χ4n) is 3.26. The molecule has 1 aromatic rings. The number of hydrogen-bond acceptors (Lipinski definition) is 3. The summed E-state index contributed by atoms with van der Waals surface area (Å²) in [5, 5.41) is 3.04. The molecule has 2 rings (SSSR count). The zero-order valence-corrected chi connectivity index (χ0v) is 16.8. The van der Waals surface area contributed by atoms with Crippen molar-refractivity contribution in [3.63, 3.8) is 0 Å². The number of carbonyl (C=O) groups excluding carboxylic acids is 2. The SMILES string of the molecule is CC=O.CCCC1CCC(C(=O)Nc2ccc(C)c(OC)c2)CC1.CF. The first-order valence-corrected chi connectivity index (χ1v) is 9.28. The van der Waals surface area contributed by atoms with Gasteiger partial charge in [-0.3, -0.25) is 9.18 Å². The summed E-state index contributed by atoms with van der Waals surface area (Å²) in [6.45, 7) is 5.68. The first-order valence-electron chi connectivity index (χ1n) is 9.28. The van der Waals surface area contributed by atoms with Gasteiger partial charge in [0.15, 0.2) is 0 Å². The Morgan fingerprint density at radius 2 is 1.85 bits per heavy atom. The molecule has 0 aromatic heterocycles. The second kappa shape index (κ2) is 14.3. The van der Waals surface area contributed by atoms with Crippen molar-refractivity contribution in [3.8, 4) is 5.75 Å². The number of nitrogens with one attached hydrogen (secondary N) is 1. The van der Waals surface area contributed by atoms with Crippen molar-refractivity contribution < 1.29 is 18.7 Å². The third kappa shape index (κ3) is 8.45. The highest BCUT2D eigenvalue weighted by molar-refractivity contribution is 5.92. The summed E-state index contributed by atoms with van der Waals surface area (Å²) in [6.07, 6.45) is 7.76. The van der Waals surface area contributed by atoms with Gasteiger partial charge in [0.25, 0.3) is 0 Å². The number of benzene rings is 1. The Morgan fingerprint density at radius 3 is 2.35 bits per heavy atom. The maximum Gasteiger partial charge on any atom is 0.227 e. The molecule has 0 atom stereocenters. The first kappa shape index (κ1) is 24.1. The van der Waals surface area contributed by atoms with Gasteiger partial charge in [0.05, 0.1) is 14.3 Å². The van der Waals surface area contributed by atoms with Gasteiger partial charge < -0.3 is 14.8 Å². The third-order valence-electron chi connectivity index (χ3n) is 4.59. The Hall–Kier alpha value is -1.91. The van der Waals surface area contributed by atoms with E-state index in [2.05, 4.69) is 12.2 Å².